The normalized spacial score (nSPS) is 30.2. The molecule has 22 heavy (non-hydrogen) atoms. The molecule has 1 rings (SSSR count). The van der Waals surface area contributed by atoms with Gasteiger partial charge in [0.1, 0.15) is 0 Å². The molecule has 1 fully saturated rings. The Morgan fingerprint density at radius 2 is 1.50 bits per heavy atom. The summed E-state index contributed by atoms with van der Waals surface area (Å²) in [4.78, 5) is 0. The fourth-order valence-electron chi connectivity index (χ4n) is 4.51. The topological polar surface area (TPSA) is 20.2 Å². The first-order valence-electron chi connectivity index (χ1n) is 9.72. The first-order chi connectivity index (χ1) is 10.4. The van der Waals surface area contributed by atoms with Crippen molar-refractivity contribution in [3.63, 3.8) is 0 Å². The Morgan fingerprint density at radius 1 is 0.955 bits per heavy atom. The molecule has 1 aliphatic carbocycles. The molecule has 0 aromatic carbocycles. The van der Waals surface area contributed by atoms with Crippen molar-refractivity contribution in [2.75, 3.05) is 0 Å². The smallest absolute Gasteiger partial charge is 0.0540 e. The van der Waals surface area contributed by atoms with Crippen LogP contribution in [-0.2, 0) is 0 Å². The Hall–Kier alpha value is -0.300. The van der Waals surface area contributed by atoms with Crippen LogP contribution in [0, 0.1) is 29.6 Å². The summed E-state index contributed by atoms with van der Waals surface area (Å²) < 4.78 is 0. The van der Waals surface area contributed by atoms with Crippen LogP contribution in [0.4, 0.5) is 0 Å². The summed E-state index contributed by atoms with van der Waals surface area (Å²) in [7, 11) is 0. The number of rotatable bonds is 7. The maximum Gasteiger partial charge on any atom is 0.0540 e. The molecule has 0 aromatic rings. The van der Waals surface area contributed by atoms with Gasteiger partial charge in [-0.25, -0.2) is 0 Å². The first kappa shape index (κ1) is 19.7. The lowest BCUT2D eigenvalue weighted by Gasteiger charge is -2.30. The van der Waals surface area contributed by atoms with Gasteiger partial charge in [0.05, 0.1) is 6.10 Å². The van der Waals surface area contributed by atoms with Crippen molar-refractivity contribution in [1.82, 2.24) is 0 Å². The van der Waals surface area contributed by atoms with Gasteiger partial charge in [0.2, 0.25) is 0 Å². The second kappa shape index (κ2) is 10.5. The van der Waals surface area contributed by atoms with Gasteiger partial charge in [-0.3, -0.25) is 0 Å². The van der Waals surface area contributed by atoms with E-state index in [2.05, 4.69) is 33.4 Å². The summed E-state index contributed by atoms with van der Waals surface area (Å²) in [6.07, 6.45) is 13.6. The van der Waals surface area contributed by atoms with E-state index >= 15 is 0 Å². The zero-order valence-electron chi connectivity index (χ0n) is 15.6. The molecule has 0 saturated heterocycles. The predicted octanol–water partition coefficient (Wildman–Crippen LogP) is 6.22. The van der Waals surface area contributed by atoms with Crippen LogP contribution in [0.3, 0.4) is 0 Å². The van der Waals surface area contributed by atoms with Crippen molar-refractivity contribution in [2.45, 2.75) is 91.6 Å². The molecule has 0 aromatic heterocycles. The summed E-state index contributed by atoms with van der Waals surface area (Å²) >= 11 is 0. The van der Waals surface area contributed by atoms with Crippen molar-refractivity contribution in [2.24, 2.45) is 29.6 Å². The minimum absolute atomic E-state index is 0.125. The van der Waals surface area contributed by atoms with Crippen LogP contribution >= 0.6 is 0 Å². The largest absolute Gasteiger partial charge is 0.393 e. The molecule has 0 bridgehead atoms. The summed E-state index contributed by atoms with van der Waals surface area (Å²) in [5.41, 5.74) is 0. The molecule has 5 atom stereocenters. The van der Waals surface area contributed by atoms with Crippen molar-refractivity contribution in [1.29, 1.82) is 0 Å². The Labute approximate surface area is 139 Å². The van der Waals surface area contributed by atoms with Gasteiger partial charge in [-0.2, -0.15) is 0 Å². The highest BCUT2D eigenvalue weighted by Crippen LogP contribution is 2.37. The number of hydrogen-bond acceptors (Lipinski definition) is 1. The Kier molecular flexibility index (Phi) is 9.40. The lowest BCUT2D eigenvalue weighted by Crippen LogP contribution is -2.19. The van der Waals surface area contributed by atoms with E-state index in [1.807, 2.05) is 6.92 Å². The second-order valence-electron chi connectivity index (χ2n) is 8.38. The zero-order valence-corrected chi connectivity index (χ0v) is 15.6. The van der Waals surface area contributed by atoms with E-state index < -0.39 is 0 Å². The van der Waals surface area contributed by atoms with Crippen molar-refractivity contribution in [3.8, 4) is 0 Å². The van der Waals surface area contributed by atoms with Crippen molar-refractivity contribution in [3.05, 3.63) is 12.7 Å². The standard InChI is InChI=1S/C21H40O/c1-6-9-17(4)15-21-13-8-11-19(18(5)22)10-7-12-20(21)14-16(2)3/h6,16-22H,1,7-15H2,2-5H3/t17-,18-,19?,20?,21?/m0/s1. The molecule has 0 aliphatic heterocycles. The van der Waals surface area contributed by atoms with Gasteiger partial charge in [-0.05, 0) is 68.6 Å². The molecule has 1 saturated carbocycles. The number of allylic oxidation sites excluding steroid dienone is 1. The van der Waals surface area contributed by atoms with Gasteiger partial charge in [0.25, 0.3) is 0 Å². The fraction of sp³-hybridized carbons (Fsp3) is 0.905. The van der Waals surface area contributed by atoms with E-state index in [1.54, 1.807) is 0 Å². The summed E-state index contributed by atoms with van der Waals surface area (Å²) in [5, 5.41) is 9.97. The Morgan fingerprint density at radius 3 is 1.95 bits per heavy atom. The van der Waals surface area contributed by atoms with Gasteiger partial charge in [0.15, 0.2) is 0 Å². The third-order valence-electron chi connectivity index (χ3n) is 5.70. The molecule has 0 heterocycles. The lowest BCUT2D eigenvalue weighted by atomic mass is 9.76. The highest BCUT2D eigenvalue weighted by atomic mass is 16.3. The molecule has 1 aliphatic rings. The first-order valence-corrected chi connectivity index (χ1v) is 9.72. The van der Waals surface area contributed by atoms with Gasteiger partial charge < -0.3 is 5.11 Å². The van der Waals surface area contributed by atoms with Crippen LogP contribution in [-0.4, -0.2) is 11.2 Å². The third-order valence-corrected chi connectivity index (χ3v) is 5.70. The monoisotopic (exact) mass is 308 g/mol. The Bertz CT molecular complexity index is 294. The van der Waals surface area contributed by atoms with Crippen molar-refractivity contribution < 1.29 is 5.11 Å². The van der Waals surface area contributed by atoms with E-state index in [4.69, 9.17) is 0 Å². The minimum Gasteiger partial charge on any atom is -0.393 e. The van der Waals surface area contributed by atoms with Crippen LogP contribution in [0.25, 0.3) is 0 Å². The van der Waals surface area contributed by atoms with E-state index in [1.165, 1.54) is 51.4 Å². The fourth-order valence-corrected chi connectivity index (χ4v) is 4.51. The molecular weight excluding hydrogens is 268 g/mol. The van der Waals surface area contributed by atoms with Crippen LogP contribution in [0.2, 0.25) is 0 Å². The summed E-state index contributed by atoms with van der Waals surface area (Å²) in [6.45, 7) is 13.0. The average molecular weight is 309 g/mol. The van der Waals surface area contributed by atoms with E-state index in [9.17, 15) is 5.11 Å². The molecule has 1 nitrogen and oxygen atoms in total. The van der Waals surface area contributed by atoms with Gasteiger partial charge in [0, 0.05) is 0 Å². The average Bonchev–Trinajstić information content (AvgIpc) is 2.50. The van der Waals surface area contributed by atoms with Crippen molar-refractivity contribution >= 4 is 0 Å². The Balaban J connectivity index is 2.70. The molecular formula is C21H40O. The van der Waals surface area contributed by atoms with Gasteiger partial charge >= 0.3 is 0 Å². The molecule has 0 spiro atoms. The highest BCUT2D eigenvalue weighted by Gasteiger charge is 2.26. The summed E-state index contributed by atoms with van der Waals surface area (Å²) in [5.74, 6) is 3.87. The van der Waals surface area contributed by atoms with Gasteiger partial charge in [-0.15, -0.1) is 6.58 Å². The third kappa shape index (κ3) is 7.31. The number of aliphatic hydroxyl groups excluding tert-OH is 1. The SMILES string of the molecule is C=CC[C@H](C)CC1CCCC([C@H](C)O)CCCC1CC(C)C. The molecule has 3 unspecified atom stereocenters. The van der Waals surface area contributed by atoms with Gasteiger partial charge in [-0.1, -0.05) is 52.5 Å². The van der Waals surface area contributed by atoms with Crippen LogP contribution in [0.1, 0.15) is 85.5 Å². The number of aliphatic hydroxyl groups is 1. The number of hydrogen-bond donors (Lipinski definition) is 1. The quantitative estimate of drug-likeness (QED) is 0.554. The van der Waals surface area contributed by atoms with Crippen LogP contribution in [0.5, 0.6) is 0 Å². The molecule has 130 valence electrons. The molecule has 1 N–H and O–H groups in total. The maximum atomic E-state index is 9.97. The highest BCUT2D eigenvalue weighted by molar-refractivity contribution is 4.80. The van der Waals surface area contributed by atoms with Crippen LogP contribution in [0.15, 0.2) is 12.7 Å². The van der Waals surface area contributed by atoms with E-state index in [0.717, 1.165) is 30.1 Å². The second-order valence-corrected chi connectivity index (χ2v) is 8.38. The van der Waals surface area contributed by atoms with E-state index in [0.29, 0.717) is 5.92 Å². The van der Waals surface area contributed by atoms with Crippen LogP contribution < -0.4 is 0 Å². The van der Waals surface area contributed by atoms with E-state index in [-0.39, 0.29) is 6.10 Å². The molecule has 0 radical (unpaired) electrons. The molecule has 1 heteroatoms. The molecule has 0 amide bonds. The maximum absolute atomic E-state index is 9.97. The summed E-state index contributed by atoms with van der Waals surface area (Å²) in [6, 6.07) is 0. The lowest BCUT2D eigenvalue weighted by molar-refractivity contribution is 0.112. The minimum atomic E-state index is -0.125. The zero-order chi connectivity index (χ0) is 16.5. The predicted molar refractivity (Wildman–Crippen MR) is 97.9 cm³/mol.